The van der Waals surface area contributed by atoms with Gasteiger partial charge in [-0.3, -0.25) is 0 Å². The highest BCUT2D eigenvalue weighted by Gasteiger charge is 2.51. The minimum absolute atomic E-state index is 0.0257. The number of nitrogens with two attached hydrogens (primary N) is 1. The van der Waals surface area contributed by atoms with Crippen LogP contribution < -0.4 is 5.73 Å². The maximum absolute atomic E-state index is 13.4. The van der Waals surface area contributed by atoms with Crippen molar-refractivity contribution in [1.29, 1.82) is 5.26 Å². The van der Waals surface area contributed by atoms with Crippen LogP contribution in [0.4, 0.5) is 19.0 Å². The number of benzene rings is 1. The van der Waals surface area contributed by atoms with Crippen LogP contribution >= 0.6 is 15.9 Å². The largest absolute Gasteiger partial charge is 0.411 e. The number of nitrogen functional groups attached to an aromatic ring is 1. The number of halogens is 4. The van der Waals surface area contributed by atoms with Crippen molar-refractivity contribution in [2.75, 3.05) is 5.73 Å². The smallest absolute Gasteiger partial charge is 0.383 e. The molecular weight excluding hydrogens is 373 g/mol. The molecule has 0 radical (unpaired) electrons. The predicted molar refractivity (Wildman–Crippen MR) is 82.3 cm³/mol. The summed E-state index contributed by atoms with van der Waals surface area (Å²) in [5.41, 5.74) is 6.51. The van der Waals surface area contributed by atoms with Crippen LogP contribution in [0.3, 0.4) is 0 Å². The third-order valence-corrected chi connectivity index (χ3v) is 4.37. The molecule has 4 nitrogen and oxygen atoms in total. The van der Waals surface area contributed by atoms with E-state index in [-0.39, 0.29) is 17.1 Å². The van der Waals surface area contributed by atoms with Gasteiger partial charge in [-0.1, -0.05) is 28.1 Å². The Kier molecular flexibility index (Phi) is 3.84. The van der Waals surface area contributed by atoms with Crippen molar-refractivity contribution >= 4 is 21.7 Å². The minimum Gasteiger partial charge on any atom is -0.383 e. The predicted octanol–water partition coefficient (Wildman–Crippen LogP) is 4.28. The molecule has 0 spiro atoms. The van der Waals surface area contributed by atoms with E-state index >= 15 is 0 Å². The molecule has 0 saturated heterocycles. The summed E-state index contributed by atoms with van der Waals surface area (Å²) in [4.78, 5) is 0. The van der Waals surface area contributed by atoms with E-state index in [1.54, 1.807) is 24.3 Å². The summed E-state index contributed by atoms with van der Waals surface area (Å²) in [5.74, 6) is -0.763. The number of rotatable bonds is 3. The Morgan fingerprint density at radius 1 is 1.30 bits per heavy atom. The Balaban J connectivity index is 2.13. The molecule has 0 amide bonds. The number of hydrogen-bond acceptors (Lipinski definition) is 3. The van der Waals surface area contributed by atoms with E-state index in [0.29, 0.717) is 18.4 Å². The monoisotopic (exact) mass is 384 g/mol. The van der Waals surface area contributed by atoms with Gasteiger partial charge in [-0.05, 0) is 30.9 Å². The number of hydrogen-bond donors (Lipinski definition) is 1. The maximum Gasteiger partial charge on any atom is 0.411 e. The fraction of sp³-hybridized carbons (Fsp3) is 0.333. The molecule has 2 N–H and O–H groups in total. The van der Waals surface area contributed by atoms with Crippen LogP contribution in [0.5, 0.6) is 0 Å². The second-order valence-electron chi connectivity index (χ2n) is 5.50. The van der Waals surface area contributed by atoms with Crippen molar-refractivity contribution in [2.45, 2.75) is 25.1 Å². The van der Waals surface area contributed by atoms with E-state index in [0.717, 1.165) is 9.15 Å². The fourth-order valence-electron chi connectivity index (χ4n) is 2.60. The molecule has 0 bridgehead atoms. The maximum atomic E-state index is 13.4. The van der Waals surface area contributed by atoms with E-state index < -0.39 is 18.1 Å². The van der Waals surface area contributed by atoms with Gasteiger partial charge in [-0.2, -0.15) is 23.5 Å². The molecule has 23 heavy (non-hydrogen) atoms. The van der Waals surface area contributed by atoms with Crippen LogP contribution in [0.25, 0.3) is 11.3 Å². The number of aromatic nitrogens is 2. The summed E-state index contributed by atoms with van der Waals surface area (Å²) in [6.07, 6.45) is -3.48. The zero-order chi connectivity index (χ0) is 16.8. The molecule has 1 aliphatic carbocycles. The number of nitrogens with zero attached hydrogens (tertiary/aromatic N) is 3. The number of nitriles is 1. The first-order valence-electron chi connectivity index (χ1n) is 6.93. The lowest BCUT2D eigenvalue weighted by molar-refractivity contribution is -0.175. The van der Waals surface area contributed by atoms with Gasteiger partial charge in [-0.15, -0.1) is 0 Å². The summed E-state index contributed by atoms with van der Waals surface area (Å²) in [6.45, 7) is 0. The SMILES string of the molecule is N#Cc1c(-c2ccc(Br)cc2)nn(C(C2CC2)C(F)(F)F)c1N. The van der Waals surface area contributed by atoms with Crippen molar-refractivity contribution < 1.29 is 13.2 Å². The van der Waals surface area contributed by atoms with E-state index in [1.807, 2.05) is 6.07 Å². The lowest BCUT2D eigenvalue weighted by Gasteiger charge is -2.21. The standard InChI is InChI=1S/C15H12BrF3N4/c16-10-5-3-8(4-6-10)12-11(7-20)14(21)23(22-12)13(9-1-2-9)15(17,18)19/h3-6,9,13H,1-2,21H2. The first kappa shape index (κ1) is 15.9. The van der Waals surface area contributed by atoms with Gasteiger partial charge in [0.2, 0.25) is 0 Å². The molecule has 1 aromatic carbocycles. The number of alkyl halides is 3. The average molecular weight is 385 g/mol. The molecule has 2 aromatic rings. The highest BCUT2D eigenvalue weighted by Crippen LogP contribution is 2.49. The summed E-state index contributed by atoms with van der Waals surface area (Å²) < 4.78 is 41.7. The van der Waals surface area contributed by atoms with Crippen molar-refractivity contribution in [1.82, 2.24) is 9.78 Å². The summed E-state index contributed by atoms with van der Waals surface area (Å²) in [6, 6.07) is 6.91. The normalized spacial score (nSPS) is 16.1. The minimum atomic E-state index is -4.45. The number of anilines is 1. The van der Waals surface area contributed by atoms with Gasteiger partial charge in [-0.25, -0.2) is 4.68 Å². The molecule has 1 unspecified atom stereocenters. The Labute approximate surface area is 138 Å². The van der Waals surface area contributed by atoms with Crippen LogP contribution in [0, 0.1) is 17.2 Å². The lowest BCUT2D eigenvalue weighted by Crippen LogP contribution is -2.30. The van der Waals surface area contributed by atoms with Crippen LogP contribution in [0.2, 0.25) is 0 Å². The zero-order valence-corrected chi connectivity index (χ0v) is 13.4. The fourth-order valence-corrected chi connectivity index (χ4v) is 2.86. The van der Waals surface area contributed by atoms with Gasteiger partial charge in [0.15, 0.2) is 6.04 Å². The van der Waals surface area contributed by atoms with Crippen LogP contribution in [0.1, 0.15) is 24.4 Å². The van der Waals surface area contributed by atoms with Crippen LogP contribution in [-0.2, 0) is 0 Å². The third-order valence-electron chi connectivity index (χ3n) is 3.84. The second-order valence-corrected chi connectivity index (χ2v) is 6.41. The molecule has 1 aromatic heterocycles. The highest BCUT2D eigenvalue weighted by atomic mass is 79.9. The zero-order valence-electron chi connectivity index (χ0n) is 11.8. The highest BCUT2D eigenvalue weighted by molar-refractivity contribution is 9.10. The average Bonchev–Trinajstić information content (AvgIpc) is 3.24. The molecule has 0 aliphatic heterocycles. The summed E-state index contributed by atoms with van der Waals surface area (Å²) in [5, 5.41) is 13.3. The van der Waals surface area contributed by atoms with E-state index in [4.69, 9.17) is 5.73 Å². The van der Waals surface area contributed by atoms with Crippen molar-refractivity contribution in [3.8, 4) is 17.3 Å². The quantitative estimate of drug-likeness (QED) is 0.858. The van der Waals surface area contributed by atoms with Gasteiger partial charge < -0.3 is 5.73 Å². The topological polar surface area (TPSA) is 67.6 Å². The molecule has 120 valence electrons. The van der Waals surface area contributed by atoms with E-state index in [1.165, 1.54) is 0 Å². The molecule has 1 atom stereocenters. The summed E-state index contributed by atoms with van der Waals surface area (Å²) >= 11 is 3.29. The molecule has 1 fully saturated rings. The van der Waals surface area contributed by atoms with Gasteiger partial charge in [0, 0.05) is 10.0 Å². The van der Waals surface area contributed by atoms with Crippen LogP contribution in [0.15, 0.2) is 28.7 Å². The summed E-state index contributed by atoms with van der Waals surface area (Å²) in [7, 11) is 0. The Morgan fingerprint density at radius 2 is 1.91 bits per heavy atom. The van der Waals surface area contributed by atoms with Crippen molar-refractivity contribution in [2.24, 2.45) is 5.92 Å². The van der Waals surface area contributed by atoms with E-state index in [2.05, 4.69) is 21.0 Å². The first-order chi connectivity index (χ1) is 10.8. The lowest BCUT2D eigenvalue weighted by atomic mass is 10.1. The molecular formula is C15H12BrF3N4. The van der Waals surface area contributed by atoms with Crippen LogP contribution in [-0.4, -0.2) is 16.0 Å². The molecule has 1 heterocycles. The Morgan fingerprint density at radius 3 is 2.39 bits per heavy atom. The van der Waals surface area contributed by atoms with Crippen molar-refractivity contribution in [3.63, 3.8) is 0 Å². The second kappa shape index (κ2) is 5.57. The molecule has 1 saturated carbocycles. The van der Waals surface area contributed by atoms with Gasteiger partial charge in [0.1, 0.15) is 23.1 Å². The molecule has 3 rings (SSSR count). The first-order valence-corrected chi connectivity index (χ1v) is 7.73. The molecule has 1 aliphatic rings. The van der Waals surface area contributed by atoms with Gasteiger partial charge in [0.25, 0.3) is 0 Å². The third kappa shape index (κ3) is 2.93. The van der Waals surface area contributed by atoms with E-state index in [9.17, 15) is 18.4 Å². The van der Waals surface area contributed by atoms with Crippen molar-refractivity contribution in [3.05, 3.63) is 34.3 Å². The Bertz CT molecular complexity index is 770. The van der Waals surface area contributed by atoms with Gasteiger partial charge >= 0.3 is 6.18 Å². The van der Waals surface area contributed by atoms with Gasteiger partial charge in [0.05, 0.1) is 0 Å². The molecule has 8 heteroatoms. The Hall–Kier alpha value is -2.01.